The standard InChI is InChI=1S/C20H16Cl2N6O3/c1-11-8-12(2)24-19(23-11)27-20(25-14-5-3-4-13(21)9-14)26-18(29)16-10-15(28(30)31)6-7-17(16)22/h3-10H,1-2H3,(H2,23,24,25,26,27,29). The van der Waals surface area contributed by atoms with Crippen molar-refractivity contribution >= 4 is 52.4 Å². The smallest absolute Gasteiger partial charge is 0.270 e. The number of halogens is 2. The quantitative estimate of drug-likeness (QED) is 0.249. The van der Waals surface area contributed by atoms with E-state index in [-0.39, 0.29) is 28.2 Å². The monoisotopic (exact) mass is 458 g/mol. The minimum Gasteiger partial charge on any atom is -0.326 e. The Bertz CT molecular complexity index is 1180. The van der Waals surface area contributed by atoms with Crippen LogP contribution >= 0.6 is 23.2 Å². The fourth-order valence-corrected chi connectivity index (χ4v) is 3.02. The van der Waals surface area contributed by atoms with Crippen LogP contribution in [0.25, 0.3) is 0 Å². The zero-order chi connectivity index (χ0) is 22.5. The first-order chi connectivity index (χ1) is 14.7. The predicted molar refractivity (Wildman–Crippen MR) is 119 cm³/mol. The second-order valence-corrected chi connectivity index (χ2v) is 7.27. The van der Waals surface area contributed by atoms with Crippen LogP contribution in [0, 0.1) is 24.0 Å². The number of nitrogens with zero attached hydrogens (tertiary/aromatic N) is 4. The molecule has 1 amide bonds. The van der Waals surface area contributed by atoms with E-state index in [1.165, 1.54) is 12.1 Å². The number of nitro benzene ring substituents is 1. The molecule has 0 unspecified atom stereocenters. The Labute approximate surface area is 187 Å². The minimum atomic E-state index is -0.702. The number of hydrogen-bond donors (Lipinski definition) is 2. The van der Waals surface area contributed by atoms with Crippen LogP contribution in [0.1, 0.15) is 21.7 Å². The first-order valence-corrected chi connectivity index (χ1v) is 9.66. The average molecular weight is 459 g/mol. The summed E-state index contributed by atoms with van der Waals surface area (Å²) in [4.78, 5) is 36.0. The zero-order valence-electron chi connectivity index (χ0n) is 16.4. The predicted octanol–water partition coefficient (Wildman–Crippen LogP) is 4.84. The van der Waals surface area contributed by atoms with E-state index in [0.29, 0.717) is 22.1 Å². The lowest BCUT2D eigenvalue weighted by Crippen LogP contribution is -2.36. The molecule has 0 radical (unpaired) electrons. The molecule has 9 nitrogen and oxygen atoms in total. The molecule has 0 aliphatic heterocycles. The molecule has 2 N–H and O–H groups in total. The minimum absolute atomic E-state index is 0.0140. The number of carbonyl (C=O) groups excluding carboxylic acids is 1. The first kappa shape index (κ1) is 22.1. The second-order valence-electron chi connectivity index (χ2n) is 6.42. The average Bonchev–Trinajstić information content (AvgIpc) is 2.67. The molecule has 0 spiro atoms. The van der Waals surface area contributed by atoms with Gasteiger partial charge in [0.1, 0.15) is 0 Å². The molecule has 31 heavy (non-hydrogen) atoms. The van der Waals surface area contributed by atoms with Crippen LogP contribution in [0.4, 0.5) is 17.3 Å². The van der Waals surface area contributed by atoms with Gasteiger partial charge in [0.25, 0.3) is 17.5 Å². The van der Waals surface area contributed by atoms with E-state index in [4.69, 9.17) is 23.2 Å². The van der Waals surface area contributed by atoms with Crippen molar-refractivity contribution in [1.82, 2.24) is 15.3 Å². The summed E-state index contributed by atoms with van der Waals surface area (Å²) in [5, 5.41) is 17.1. The summed E-state index contributed by atoms with van der Waals surface area (Å²) in [5.74, 6) is -0.598. The van der Waals surface area contributed by atoms with Crippen molar-refractivity contribution in [2.75, 3.05) is 5.32 Å². The normalized spacial score (nSPS) is 11.2. The van der Waals surface area contributed by atoms with E-state index in [2.05, 4.69) is 25.6 Å². The van der Waals surface area contributed by atoms with Gasteiger partial charge in [0.2, 0.25) is 5.96 Å². The lowest BCUT2D eigenvalue weighted by molar-refractivity contribution is -0.384. The number of rotatable bonds is 4. The van der Waals surface area contributed by atoms with Crippen LogP contribution in [0.5, 0.6) is 0 Å². The molecule has 0 saturated carbocycles. The summed E-state index contributed by atoms with van der Waals surface area (Å²) in [5.41, 5.74) is 1.58. The highest BCUT2D eigenvalue weighted by Crippen LogP contribution is 2.22. The van der Waals surface area contributed by atoms with Crippen molar-refractivity contribution in [1.29, 1.82) is 0 Å². The molecule has 2 aromatic carbocycles. The number of amides is 1. The Hall–Kier alpha value is -3.56. The maximum atomic E-state index is 12.8. The fraction of sp³-hybridized carbons (Fsp3) is 0.100. The van der Waals surface area contributed by atoms with E-state index in [0.717, 1.165) is 6.07 Å². The molecule has 3 rings (SSSR count). The molecule has 0 bridgehead atoms. The summed E-state index contributed by atoms with van der Waals surface area (Å²) in [6.45, 7) is 3.58. The number of nitro groups is 1. The van der Waals surface area contributed by atoms with Crippen molar-refractivity contribution < 1.29 is 9.72 Å². The molecule has 1 aromatic heterocycles. The van der Waals surface area contributed by atoms with E-state index < -0.39 is 10.8 Å². The van der Waals surface area contributed by atoms with Crippen LogP contribution < -0.4 is 10.6 Å². The zero-order valence-corrected chi connectivity index (χ0v) is 17.9. The van der Waals surface area contributed by atoms with Crippen LogP contribution in [0.15, 0.2) is 53.5 Å². The van der Waals surface area contributed by atoms with Gasteiger partial charge in [-0.15, -0.1) is 0 Å². The molecular formula is C20H16Cl2N6O3. The third kappa shape index (κ3) is 5.97. The van der Waals surface area contributed by atoms with Gasteiger partial charge in [-0.1, -0.05) is 29.3 Å². The van der Waals surface area contributed by atoms with Gasteiger partial charge in [0.15, 0.2) is 0 Å². The molecular weight excluding hydrogens is 443 g/mol. The summed E-state index contributed by atoms with van der Waals surface area (Å²) < 4.78 is 0. The Morgan fingerprint density at radius 3 is 2.42 bits per heavy atom. The molecule has 0 saturated heterocycles. The largest absolute Gasteiger partial charge is 0.326 e. The molecule has 11 heteroatoms. The van der Waals surface area contributed by atoms with E-state index in [1.807, 2.05) is 0 Å². The number of non-ortho nitro benzene ring substituents is 1. The van der Waals surface area contributed by atoms with Crippen molar-refractivity contribution in [2.45, 2.75) is 13.8 Å². The summed E-state index contributed by atoms with van der Waals surface area (Å²) in [6.07, 6.45) is 0. The topological polar surface area (TPSA) is 122 Å². The van der Waals surface area contributed by atoms with Gasteiger partial charge in [-0.2, -0.15) is 4.99 Å². The van der Waals surface area contributed by atoms with Crippen LogP contribution in [0.2, 0.25) is 10.0 Å². The second kappa shape index (κ2) is 9.50. The number of aromatic nitrogens is 2. The number of hydrogen-bond acceptors (Lipinski definition) is 6. The third-order valence-corrected chi connectivity index (χ3v) is 4.47. The van der Waals surface area contributed by atoms with Gasteiger partial charge in [0.05, 0.1) is 15.5 Å². The van der Waals surface area contributed by atoms with E-state index >= 15 is 0 Å². The van der Waals surface area contributed by atoms with Gasteiger partial charge in [-0.05, 0) is 44.2 Å². The van der Waals surface area contributed by atoms with E-state index in [1.54, 1.807) is 44.2 Å². The van der Waals surface area contributed by atoms with Gasteiger partial charge in [0, 0.05) is 34.2 Å². The highest BCUT2D eigenvalue weighted by Gasteiger charge is 2.18. The number of carbonyl (C=O) groups is 1. The van der Waals surface area contributed by atoms with E-state index in [9.17, 15) is 14.9 Å². The molecule has 1 heterocycles. The summed E-state index contributed by atoms with van der Waals surface area (Å²) >= 11 is 12.1. The van der Waals surface area contributed by atoms with Crippen LogP contribution in [-0.4, -0.2) is 26.8 Å². The highest BCUT2D eigenvalue weighted by molar-refractivity contribution is 6.34. The van der Waals surface area contributed by atoms with Crippen molar-refractivity contribution in [3.05, 3.63) is 85.6 Å². The van der Waals surface area contributed by atoms with Crippen LogP contribution in [-0.2, 0) is 0 Å². The molecule has 0 aliphatic rings. The third-order valence-electron chi connectivity index (χ3n) is 3.91. The number of anilines is 1. The van der Waals surface area contributed by atoms with Gasteiger partial charge in [-0.3, -0.25) is 20.2 Å². The lowest BCUT2D eigenvalue weighted by atomic mass is 10.2. The van der Waals surface area contributed by atoms with Gasteiger partial charge in [-0.25, -0.2) is 9.97 Å². The molecule has 158 valence electrons. The first-order valence-electron chi connectivity index (χ1n) is 8.90. The van der Waals surface area contributed by atoms with Crippen LogP contribution in [0.3, 0.4) is 0 Å². The number of nitrogens with one attached hydrogen (secondary N) is 2. The number of benzene rings is 2. The summed E-state index contributed by atoms with van der Waals surface area (Å²) in [7, 11) is 0. The molecule has 0 fully saturated rings. The fourth-order valence-electron chi connectivity index (χ4n) is 2.62. The van der Waals surface area contributed by atoms with Crippen molar-refractivity contribution in [3.8, 4) is 0 Å². The molecule has 3 aromatic rings. The Balaban J connectivity index is 1.98. The van der Waals surface area contributed by atoms with Gasteiger partial charge >= 0.3 is 0 Å². The highest BCUT2D eigenvalue weighted by atomic mass is 35.5. The van der Waals surface area contributed by atoms with Crippen molar-refractivity contribution in [2.24, 2.45) is 4.99 Å². The SMILES string of the molecule is Cc1cc(C)nc(/N=C(\NC(=O)c2cc([N+](=O)[O-])ccc2Cl)Nc2cccc(Cl)c2)n1. The Morgan fingerprint density at radius 2 is 1.77 bits per heavy atom. The maximum Gasteiger partial charge on any atom is 0.270 e. The number of aryl methyl sites for hydroxylation is 2. The number of aliphatic imine (C=N–C) groups is 1. The number of guanidine groups is 1. The van der Waals surface area contributed by atoms with Crippen molar-refractivity contribution in [3.63, 3.8) is 0 Å². The Morgan fingerprint density at radius 1 is 1.06 bits per heavy atom. The maximum absolute atomic E-state index is 12.8. The summed E-state index contributed by atoms with van der Waals surface area (Å²) in [6, 6.07) is 12.1. The molecule has 0 atom stereocenters. The van der Waals surface area contributed by atoms with Gasteiger partial charge < -0.3 is 5.32 Å². The Kier molecular flexibility index (Phi) is 6.78. The molecule has 0 aliphatic carbocycles. The lowest BCUT2D eigenvalue weighted by Gasteiger charge is -2.12.